The smallest absolute Gasteiger partial charge is 0.335 e. The molecule has 0 saturated heterocycles. The van der Waals surface area contributed by atoms with Gasteiger partial charge in [0.2, 0.25) is 0 Å². The molecule has 0 radical (unpaired) electrons. The highest BCUT2D eigenvalue weighted by Gasteiger charge is 2.14. The fourth-order valence-electron chi connectivity index (χ4n) is 1.62. The van der Waals surface area contributed by atoms with Gasteiger partial charge in [-0.25, -0.2) is 4.79 Å². The number of nitrogens with zero attached hydrogens (tertiary/aromatic N) is 1. The lowest BCUT2D eigenvalue weighted by Crippen LogP contribution is -2.30. The first-order valence-electron chi connectivity index (χ1n) is 4.51. The van der Waals surface area contributed by atoms with Gasteiger partial charge in [-0.1, -0.05) is 0 Å². The Hall–Kier alpha value is -1.71. The summed E-state index contributed by atoms with van der Waals surface area (Å²) in [5.74, 6) is -0.886. The average Bonchev–Trinajstić information content (AvgIpc) is 2.17. The molecule has 1 aromatic rings. The van der Waals surface area contributed by atoms with E-state index in [0.29, 0.717) is 5.56 Å². The lowest BCUT2D eigenvalue weighted by atomic mass is 10.1. The molecule has 14 heavy (non-hydrogen) atoms. The van der Waals surface area contributed by atoms with Gasteiger partial charge in [-0.3, -0.25) is 0 Å². The second-order valence-corrected chi connectivity index (χ2v) is 3.39. The van der Waals surface area contributed by atoms with Crippen molar-refractivity contribution in [3.05, 3.63) is 23.8 Å². The minimum atomic E-state index is -0.886. The van der Waals surface area contributed by atoms with Crippen molar-refractivity contribution in [3.8, 4) is 0 Å². The SMILES string of the molecule is CN1CCNc2cc(C(=O)O)ccc21. The molecule has 0 unspecified atom stereocenters. The third-order valence-corrected chi connectivity index (χ3v) is 2.42. The van der Waals surface area contributed by atoms with Gasteiger partial charge in [0.15, 0.2) is 0 Å². The predicted octanol–water partition coefficient (Wildman–Crippen LogP) is 1.25. The first-order chi connectivity index (χ1) is 6.68. The molecule has 1 aliphatic rings. The third-order valence-electron chi connectivity index (χ3n) is 2.42. The minimum Gasteiger partial charge on any atom is -0.478 e. The van der Waals surface area contributed by atoms with Gasteiger partial charge in [0.05, 0.1) is 16.9 Å². The van der Waals surface area contributed by atoms with E-state index < -0.39 is 5.97 Å². The van der Waals surface area contributed by atoms with Crippen molar-refractivity contribution in [2.24, 2.45) is 0 Å². The van der Waals surface area contributed by atoms with Crippen LogP contribution in [0.5, 0.6) is 0 Å². The fourth-order valence-corrected chi connectivity index (χ4v) is 1.62. The Kier molecular flexibility index (Phi) is 2.04. The monoisotopic (exact) mass is 192 g/mol. The van der Waals surface area contributed by atoms with Gasteiger partial charge in [0, 0.05) is 20.1 Å². The standard InChI is InChI=1S/C10H12N2O2/c1-12-5-4-11-8-6-7(10(13)14)2-3-9(8)12/h2-3,6,11H,4-5H2,1H3,(H,13,14). The first-order valence-corrected chi connectivity index (χ1v) is 4.51. The molecular formula is C10H12N2O2. The number of fused-ring (bicyclic) bond motifs is 1. The number of hydrogen-bond donors (Lipinski definition) is 2. The zero-order valence-corrected chi connectivity index (χ0v) is 7.95. The molecule has 2 N–H and O–H groups in total. The second-order valence-electron chi connectivity index (χ2n) is 3.39. The lowest BCUT2D eigenvalue weighted by molar-refractivity contribution is 0.0697. The summed E-state index contributed by atoms with van der Waals surface area (Å²) in [7, 11) is 2.00. The number of carbonyl (C=O) groups is 1. The zero-order chi connectivity index (χ0) is 10.1. The summed E-state index contributed by atoms with van der Waals surface area (Å²) in [6.07, 6.45) is 0. The minimum absolute atomic E-state index is 0.326. The van der Waals surface area contributed by atoms with Crippen LogP contribution in [0, 0.1) is 0 Å². The number of likely N-dealkylation sites (N-methyl/N-ethyl adjacent to an activating group) is 1. The molecule has 1 aromatic carbocycles. The molecule has 1 heterocycles. The molecule has 0 aliphatic carbocycles. The molecule has 1 aliphatic heterocycles. The van der Waals surface area contributed by atoms with Crippen molar-refractivity contribution in [2.75, 3.05) is 30.4 Å². The van der Waals surface area contributed by atoms with Gasteiger partial charge in [-0.15, -0.1) is 0 Å². The van der Waals surface area contributed by atoms with Gasteiger partial charge in [0.25, 0.3) is 0 Å². The van der Waals surface area contributed by atoms with Crippen LogP contribution in [-0.4, -0.2) is 31.2 Å². The Bertz CT molecular complexity index is 376. The Morgan fingerprint density at radius 3 is 3.07 bits per heavy atom. The maximum atomic E-state index is 10.7. The number of hydrogen-bond acceptors (Lipinski definition) is 3. The largest absolute Gasteiger partial charge is 0.478 e. The summed E-state index contributed by atoms with van der Waals surface area (Å²) in [5.41, 5.74) is 2.28. The average molecular weight is 192 g/mol. The quantitative estimate of drug-likeness (QED) is 0.703. The van der Waals surface area contributed by atoms with Crippen LogP contribution in [0.3, 0.4) is 0 Å². The highest BCUT2D eigenvalue weighted by Crippen LogP contribution is 2.28. The molecule has 2 rings (SSSR count). The van der Waals surface area contributed by atoms with Gasteiger partial charge in [-0.05, 0) is 18.2 Å². The number of carboxylic acids is 1. The third kappa shape index (κ3) is 1.39. The van der Waals surface area contributed by atoms with Crippen LogP contribution in [0.25, 0.3) is 0 Å². The number of benzene rings is 1. The van der Waals surface area contributed by atoms with Gasteiger partial charge in [0.1, 0.15) is 0 Å². The highest BCUT2D eigenvalue weighted by atomic mass is 16.4. The first kappa shape index (κ1) is 8.87. The van der Waals surface area contributed by atoms with E-state index in [2.05, 4.69) is 10.2 Å². The number of aromatic carboxylic acids is 1. The molecule has 0 fully saturated rings. The van der Waals surface area contributed by atoms with Crippen molar-refractivity contribution in [2.45, 2.75) is 0 Å². The molecule has 0 aromatic heterocycles. The maximum absolute atomic E-state index is 10.7. The zero-order valence-electron chi connectivity index (χ0n) is 7.95. The van der Waals surface area contributed by atoms with Crippen LogP contribution in [0.2, 0.25) is 0 Å². The van der Waals surface area contributed by atoms with E-state index in [0.717, 1.165) is 24.5 Å². The molecule has 4 heteroatoms. The van der Waals surface area contributed by atoms with Crippen LogP contribution < -0.4 is 10.2 Å². The Balaban J connectivity index is 2.44. The van der Waals surface area contributed by atoms with Crippen LogP contribution in [0.15, 0.2) is 18.2 Å². The predicted molar refractivity (Wildman–Crippen MR) is 55.2 cm³/mol. The fraction of sp³-hybridized carbons (Fsp3) is 0.300. The van der Waals surface area contributed by atoms with Crippen molar-refractivity contribution >= 4 is 17.3 Å². The van der Waals surface area contributed by atoms with Crippen LogP contribution in [0.1, 0.15) is 10.4 Å². The van der Waals surface area contributed by atoms with E-state index in [1.54, 1.807) is 12.1 Å². The summed E-state index contributed by atoms with van der Waals surface area (Å²) >= 11 is 0. The highest BCUT2D eigenvalue weighted by molar-refractivity contribution is 5.91. The lowest BCUT2D eigenvalue weighted by Gasteiger charge is -2.28. The summed E-state index contributed by atoms with van der Waals surface area (Å²) in [4.78, 5) is 12.8. The summed E-state index contributed by atoms with van der Waals surface area (Å²) in [5, 5.41) is 12.0. The number of nitrogens with one attached hydrogen (secondary N) is 1. The molecule has 0 bridgehead atoms. The molecule has 0 saturated carbocycles. The van der Waals surface area contributed by atoms with Crippen LogP contribution in [-0.2, 0) is 0 Å². The summed E-state index contributed by atoms with van der Waals surface area (Å²) in [6.45, 7) is 1.80. The molecule has 0 spiro atoms. The normalized spacial score (nSPS) is 14.5. The molecule has 0 amide bonds. The van der Waals surface area contributed by atoms with Crippen molar-refractivity contribution in [1.82, 2.24) is 0 Å². The van der Waals surface area contributed by atoms with Crippen molar-refractivity contribution in [3.63, 3.8) is 0 Å². The topological polar surface area (TPSA) is 52.6 Å². The van der Waals surface area contributed by atoms with Crippen molar-refractivity contribution in [1.29, 1.82) is 0 Å². The Morgan fingerprint density at radius 2 is 2.36 bits per heavy atom. The molecular weight excluding hydrogens is 180 g/mol. The van der Waals surface area contributed by atoms with E-state index in [1.165, 1.54) is 0 Å². The summed E-state index contributed by atoms with van der Waals surface area (Å²) < 4.78 is 0. The van der Waals surface area contributed by atoms with E-state index in [1.807, 2.05) is 13.1 Å². The van der Waals surface area contributed by atoms with Gasteiger partial charge >= 0.3 is 5.97 Å². The molecule has 4 nitrogen and oxygen atoms in total. The van der Waals surface area contributed by atoms with E-state index in [-0.39, 0.29) is 0 Å². The number of anilines is 2. The Labute approximate surface area is 82.2 Å². The van der Waals surface area contributed by atoms with E-state index >= 15 is 0 Å². The number of carboxylic acid groups (broad SMARTS) is 1. The second kappa shape index (κ2) is 3.21. The van der Waals surface area contributed by atoms with Crippen molar-refractivity contribution < 1.29 is 9.90 Å². The Morgan fingerprint density at radius 1 is 1.57 bits per heavy atom. The van der Waals surface area contributed by atoms with Crippen LogP contribution >= 0.6 is 0 Å². The van der Waals surface area contributed by atoms with Gasteiger partial charge in [-0.2, -0.15) is 0 Å². The van der Waals surface area contributed by atoms with Gasteiger partial charge < -0.3 is 15.3 Å². The number of rotatable bonds is 1. The van der Waals surface area contributed by atoms with Crippen LogP contribution in [0.4, 0.5) is 11.4 Å². The molecule has 0 atom stereocenters. The summed E-state index contributed by atoms with van der Waals surface area (Å²) in [6, 6.07) is 5.14. The molecule has 74 valence electrons. The maximum Gasteiger partial charge on any atom is 0.335 e. The van der Waals surface area contributed by atoms with E-state index in [4.69, 9.17) is 5.11 Å². The van der Waals surface area contributed by atoms with E-state index in [9.17, 15) is 4.79 Å².